The monoisotopic (exact) mass is 661 g/mol. The Morgan fingerprint density at radius 1 is 1.10 bits per heavy atom. The minimum absolute atomic E-state index is 0.148. The van der Waals surface area contributed by atoms with E-state index in [0.717, 1.165) is 60.9 Å². The lowest BCUT2D eigenvalue weighted by Gasteiger charge is -2.32. The second-order valence-corrected chi connectivity index (χ2v) is 12.8. The third kappa shape index (κ3) is 5.77. The predicted molar refractivity (Wildman–Crippen MR) is 178 cm³/mol. The summed E-state index contributed by atoms with van der Waals surface area (Å²) in [5.74, 6) is -0.634. The highest BCUT2D eigenvalue weighted by Gasteiger charge is 2.39. The Balaban J connectivity index is 0.880. The Morgan fingerprint density at radius 3 is 2.78 bits per heavy atom. The number of hydrogen-bond acceptors (Lipinski definition) is 9. The first kappa shape index (κ1) is 30.7. The van der Waals surface area contributed by atoms with Gasteiger partial charge in [0, 0.05) is 68.2 Å². The van der Waals surface area contributed by atoms with E-state index in [-0.39, 0.29) is 30.2 Å². The fourth-order valence-electron chi connectivity index (χ4n) is 7.18. The van der Waals surface area contributed by atoms with Crippen molar-refractivity contribution in [2.45, 2.75) is 50.7 Å². The van der Waals surface area contributed by atoms with Gasteiger partial charge >= 0.3 is 0 Å². The van der Waals surface area contributed by atoms with Crippen LogP contribution in [0.15, 0.2) is 61.2 Å². The van der Waals surface area contributed by atoms with Crippen molar-refractivity contribution >= 4 is 45.9 Å². The Kier molecular flexibility index (Phi) is 7.79. The lowest BCUT2D eigenvalue weighted by atomic mass is 10.0. The summed E-state index contributed by atoms with van der Waals surface area (Å²) in [7, 11) is 1.57. The molecule has 8 rings (SSSR count). The molecule has 0 spiro atoms. The van der Waals surface area contributed by atoms with Crippen molar-refractivity contribution in [3.8, 4) is 5.75 Å². The minimum atomic E-state index is -0.605. The van der Waals surface area contributed by atoms with Gasteiger partial charge in [-0.05, 0) is 55.0 Å². The molecule has 14 nitrogen and oxygen atoms in total. The Bertz CT molecular complexity index is 2130. The number of nitrogens with one attached hydrogen (secondary N) is 2. The van der Waals surface area contributed by atoms with Crippen molar-refractivity contribution in [1.82, 2.24) is 39.5 Å². The number of carbonyl (C=O) groups excluding carboxylic acids is 4. The maximum atomic E-state index is 13.2. The highest BCUT2D eigenvalue weighted by atomic mass is 16.5. The number of amides is 4. The number of likely N-dealkylation sites (tertiary alicyclic amines) is 1. The molecule has 1 unspecified atom stereocenters. The van der Waals surface area contributed by atoms with Gasteiger partial charge in [0.1, 0.15) is 17.4 Å². The molecular weight excluding hydrogens is 626 g/mol. The first-order valence-electron chi connectivity index (χ1n) is 16.5. The summed E-state index contributed by atoms with van der Waals surface area (Å²) in [6, 6.07) is 11.1. The largest absolute Gasteiger partial charge is 0.494 e. The molecule has 5 aromatic rings. The van der Waals surface area contributed by atoms with Crippen LogP contribution in [-0.4, -0.2) is 90.6 Å². The van der Waals surface area contributed by atoms with E-state index < -0.39 is 11.9 Å². The molecule has 0 aliphatic carbocycles. The molecule has 4 amide bonds. The molecule has 3 aromatic heterocycles. The summed E-state index contributed by atoms with van der Waals surface area (Å²) < 4.78 is 9.20. The van der Waals surface area contributed by atoms with Gasteiger partial charge in [-0.25, -0.2) is 9.50 Å². The number of hydrogen-bond donors (Lipinski definition) is 2. The number of methoxy groups -OCH3 is 1. The van der Waals surface area contributed by atoms with Crippen molar-refractivity contribution in [1.29, 1.82) is 0 Å². The molecule has 0 radical (unpaired) electrons. The van der Waals surface area contributed by atoms with Crippen LogP contribution in [0.25, 0.3) is 16.6 Å². The van der Waals surface area contributed by atoms with Crippen LogP contribution in [0.3, 0.4) is 0 Å². The third-order valence-corrected chi connectivity index (χ3v) is 9.85. The summed E-state index contributed by atoms with van der Waals surface area (Å²) in [5, 5.41) is 15.3. The molecular formula is C35H35N9O5. The van der Waals surface area contributed by atoms with Crippen LogP contribution in [0, 0.1) is 0 Å². The van der Waals surface area contributed by atoms with Crippen LogP contribution in [0.4, 0.5) is 5.69 Å². The molecule has 0 saturated carbocycles. The maximum absolute atomic E-state index is 13.2. The Labute approximate surface area is 281 Å². The fourth-order valence-corrected chi connectivity index (χ4v) is 7.18. The molecule has 0 bridgehead atoms. The first-order chi connectivity index (χ1) is 23.8. The summed E-state index contributed by atoms with van der Waals surface area (Å²) >= 11 is 0. The number of fused-ring (bicyclic) bond motifs is 3. The molecule has 6 heterocycles. The van der Waals surface area contributed by atoms with E-state index in [9.17, 15) is 19.2 Å². The van der Waals surface area contributed by atoms with Crippen molar-refractivity contribution in [3.05, 3.63) is 83.4 Å². The first-order valence-corrected chi connectivity index (χ1v) is 16.5. The quantitative estimate of drug-likeness (QED) is 0.239. The summed E-state index contributed by atoms with van der Waals surface area (Å²) in [6.45, 7) is 3.16. The van der Waals surface area contributed by atoms with E-state index >= 15 is 0 Å². The molecule has 250 valence electrons. The SMILES string of the molecule is COc1cc2nn(C3CCN(CCc4ccc5c(c4)CN(C4CCC(=O)NC4=O)C5=O)CC3)cc2cc1NC(=O)c1cnn2cccnc12. The van der Waals surface area contributed by atoms with Gasteiger partial charge in [0.15, 0.2) is 5.65 Å². The van der Waals surface area contributed by atoms with Gasteiger partial charge in [-0.3, -0.25) is 29.2 Å². The van der Waals surface area contributed by atoms with Gasteiger partial charge in [0.25, 0.3) is 11.8 Å². The van der Waals surface area contributed by atoms with Gasteiger partial charge in [0.05, 0.1) is 30.6 Å². The number of carbonyl (C=O) groups is 4. The molecule has 2 aromatic carbocycles. The minimum Gasteiger partial charge on any atom is -0.494 e. The van der Waals surface area contributed by atoms with E-state index in [1.165, 1.54) is 6.20 Å². The number of nitrogens with zero attached hydrogens (tertiary/aromatic N) is 7. The van der Waals surface area contributed by atoms with Gasteiger partial charge in [-0.1, -0.05) is 12.1 Å². The van der Waals surface area contributed by atoms with Crippen molar-refractivity contribution < 1.29 is 23.9 Å². The van der Waals surface area contributed by atoms with Gasteiger partial charge < -0.3 is 19.9 Å². The van der Waals surface area contributed by atoms with Crippen molar-refractivity contribution in [2.24, 2.45) is 0 Å². The fraction of sp³-hybridized carbons (Fsp3) is 0.343. The number of ether oxygens (including phenoxy) is 1. The van der Waals surface area contributed by atoms with E-state index in [4.69, 9.17) is 9.84 Å². The zero-order valence-electron chi connectivity index (χ0n) is 27.0. The van der Waals surface area contributed by atoms with Crippen LogP contribution in [0.1, 0.15) is 63.6 Å². The summed E-state index contributed by atoms with van der Waals surface area (Å²) in [5.41, 5.74) is 4.91. The average molecular weight is 662 g/mol. The van der Waals surface area contributed by atoms with Crippen molar-refractivity contribution in [3.63, 3.8) is 0 Å². The number of rotatable bonds is 8. The average Bonchev–Trinajstić information content (AvgIpc) is 3.82. The highest BCUT2D eigenvalue weighted by molar-refractivity contribution is 6.09. The smallest absolute Gasteiger partial charge is 0.261 e. The van der Waals surface area contributed by atoms with Crippen LogP contribution in [0.2, 0.25) is 0 Å². The topological polar surface area (TPSA) is 156 Å². The summed E-state index contributed by atoms with van der Waals surface area (Å²) in [4.78, 5) is 58.5. The van der Waals surface area contributed by atoms with E-state index in [0.29, 0.717) is 41.2 Å². The van der Waals surface area contributed by atoms with Gasteiger partial charge in [-0.2, -0.15) is 10.2 Å². The molecule has 2 fully saturated rings. The normalized spacial score (nSPS) is 18.7. The predicted octanol–water partition coefficient (Wildman–Crippen LogP) is 2.98. The van der Waals surface area contributed by atoms with Crippen LogP contribution < -0.4 is 15.4 Å². The molecule has 49 heavy (non-hydrogen) atoms. The zero-order valence-corrected chi connectivity index (χ0v) is 27.0. The lowest BCUT2D eigenvalue weighted by molar-refractivity contribution is -0.136. The van der Waals surface area contributed by atoms with Crippen LogP contribution in [0.5, 0.6) is 5.75 Å². The van der Waals surface area contributed by atoms with Crippen molar-refractivity contribution in [2.75, 3.05) is 32.1 Å². The number of aromatic nitrogens is 5. The standard InChI is InChI=1S/C35H35N9O5/c1-49-30-17-27-23(16-28(30)38-33(46)26-18-37-43-11-2-10-36-32(26)43)20-44(40-27)24-8-13-41(14-9-24)12-7-21-3-4-25-22(15-21)19-42(35(25)48)29-5-6-31(45)39-34(29)47/h2-4,10-11,15-18,20,24,29H,5-9,12-14,19H2,1H3,(H,38,46)(H,39,45,47). The molecule has 2 N–H and O–H groups in total. The highest BCUT2D eigenvalue weighted by Crippen LogP contribution is 2.33. The molecule has 3 aliphatic heterocycles. The lowest BCUT2D eigenvalue weighted by Crippen LogP contribution is -2.52. The second kappa shape index (κ2) is 12.4. The van der Waals surface area contributed by atoms with E-state index in [2.05, 4.69) is 31.7 Å². The number of imide groups is 1. The molecule has 2 saturated heterocycles. The Hall–Kier alpha value is -5.63. The molecule has 3 aliphatic rings. The van der Waals surface area contributed by atoms with Crippen LogP contribution in [-0.2, 0) is 22.6 Å². The number of benzene rings is 2. The second-order valence-electron chi connectivity index (χ2n) is 12.8. The molecule has 1 atom stereocenters. The van der Waals surface area contributed by atoms with Gasteiger partial charge in [-0.15, -0.1) is 0 Å². The number of piperidine rings is 2. The third-order valence-electron chi connectivity index (χ3n) is 9.85. The zero-order chi connectivity index (χ0) is 33.6. The Morgan fingerprint density at radius 2 is 1.96 bits per heavy atom. The number of anilines is 1. The van der Waals surface area contributed by atoms with Gasteiger partial charge in [0.2, 0.25) is 11.8 Å². The van der Waals surface area contributed by atoms with Crippen LogP contribution >= 0.6 is 0 Å². The van der Waals surface area contributed by atoms with E-state index in [1.54, 1.807) is 35.0 Å². The maximum Gasteiger partial charge on any atom is 0.261 e. The van der Waals surface area contributed by atoms with E-state index in [1.807, 2.05) is 35.1 Å². The molecule has 14 heteroatoms. The summed E-state index contributed by atoms with van der Waals surface area (Å²) in [6.07, 6.45) is 10.3.